The zero-order valence-corrected chi connectivity index (χ0v) is 10.2. The minimum atomic E-state index is -0.354. The first kappa shape index (κ1) is 13.2. The highest BCUT2D eigenvalue weighted by Gasteiger charge is 2.14. The lowest BCUT2D eigenvalue weighted by molar-refractivity contribution is -0.119. The first-order chi connectivity index (χ1) is 8.04. The van der Waals surface area contributed by atoms with E-state index in [0.717, 1.165) is 5.56 Å². The third-order valence-electron chi connectivity index (χ3n) is 2.60. The highest BCUT2D eigenvalue weighted by Crippen LogP contribution is 2.12. The molecule has 0 aliphatic heterocycles. The molecule has 4 heteroatoms. The highest BCUT2D eigenvalue weighted by molar-refractivity contribution is 5.75. The van der Waals surface area contributed by atoms with Crippen LogP contribution in [-0.2, 0) is 11.3 Å². The van der Waals surface area contributed by atoms with Gasteiger partial charge in [-0.25, -0.2) is 0 Å². The molecule has 90 valence electrons. The Morgan fingerprint density at radius 2 is 2.12 bits per heavy atom. The molecule has 0 aliphatic carbocycles. The Bertz CT molecular complexity index is 435. The van der Waals surface area contributed by atoms with Crippen molar-refractivity contribution in [2.45, 2.75) is 26.4 Å². The molecule has 0 spiro atoms. The molecule has 0 aromatic heterocycles. The fourth-order valence-electron chi connectivity index (χ4n) is 1.61. The second kappa shape index (κ2) is 6.02. The molecule has 0 heterocycles. The van der Waals surface area contributed by atoms with Gasteiger partial charge in [0, 0.05) is 12.6 Å². The Kier molecular flexibility index (Phi) is 4.68. The van der Waals surface area contributed by atoms with Gasteiger partial charge in [-0.3, -0.25) is 9.69 Å². The van der Waals surface area contributed by atoms with Crippen LogP contribution in [0.1, 0.15) is 25.0 Å². The summed E-state index contributed by atoms with van der Waals surface area (Å²) in [4.78, 5) is 12.9. The largest absolute Gasteiger partial charge is 0.369 e. The van der Waals surface area contributed by atoms with Crippen molar-refractivity contribution in [3.63, 3.8) is 0 Å². The topological polar surface area (TPSA) is 70.1 Å². The van der Waals surface area contributed by atoms with Gasteiger partial charge in [-0.05, 0) is 25.5 Å². The molecule has 1 aromatic carbocycles. The van der Waals surface area contributed by atoms with Gasteiger partial charge in [0.1, 0.15) is 0 Å². The van der Waals surface area contributed by atoms with Gasteiger partial charge in [0.2, 0.25) is 5.91 Å². The average molecular weight is 231 g/mol. The molecule has 4 nitrogen and oxygen atoms in total. The summed E-state index contributed by atoms with van der Waals surface area (Å²) in [6, 6.07) is 9.74. The quantitative estimate of drug-likeness (QED) is 0.829. The number of hydrogen-bond acceptors (Lipinski definition) is 3. The van der Waals surface area contributed by atoms with Crippen LogP contribution >= 0.6 is 0 Å². The predicted octanol–water partition coefficient (Wildman–Crippen LogP) is 1.25. The SMILES string of the molecule is CC(C)N(CC(N)=O)Cc1ccccc1C#N. The van der Waals surface area contributed by atoms with Gasteiger partial charge in [-0.2, -0.15) is 5.26 Å². The molecule has 0 saturated carbocycles. The van der Waals surface area contributed by atoms with Crippen molar-refractivity contribution in [3.05, 3.63) is 35.4 Å². The van der Waals surface area contributed by atoms with Gasteiger partial charge < -0.3 is 5.73 Å². The third kappa shape index (κ3) is 3.89. The van der Waals surface area contributed by atoms with E-state index in [2.05, 4.69) is 6.07 Å². The van der Waals surface area contributed by atoms with Crippen molar-refractivity contribution in [1.29, 1.82) is 5.26 Å². The Morgan fingerprint density at radius 3 is 2.65 bits per heavy atom. The number of amides is 1. The van der Waals surface area contributed by atoms with E-state index < -0.39 is 0 Å². The van der Waals surface area contributed by atoms with Crippen LogP contribution in [0.25, 0.3) is 0 Å². The van der Waals surface area contributed by atoms with Gasteiger partial charge in [0.15, 0.2) is 0 Å². The van der Waals surface area contributed by atoms with Crippen molar-refractivity contribution in [3.8, 4) is 6.07 Å². The summed E-state index contributed by atoms with van der Waals surface area (Å²) in [5, 5.41) is 8.99. The Morgan fingerprint density at radius 1 is 1.47 bits per heavy atom. The van der Waals surface area contributed by atoms with Crippen LogP contribution in [-0.4, -0.2) is 23.4 Å². The van der Waals surface area contributed by atoms with E-state index in [4.69, 9.17) is 11.0 Å². The van der Waals surface area contributed by atoms with Gasteiger partial charge >= 0.3 is 0 Å². The molecule has 0 bridgehead atoms. The van der Waals surface area contributed by atoms with Crippen LogP contribution in [0.4, 0.5) is 0 Å². The Hall–Kier alpha value is -1.86. The second-order valence-electron chi connectivity index (χ2n) is 4.23. The van der Waals surface area contributed by atoms with Crippen LogP contribution in [0.5, 0.6) is 0 Å². The van der Waals surface area contributed by atoms with E-state index in [1.54, 1.807) is 6.07 Å². The van der Waals surface area contributed by atoms with E-state index in [-0.39, 0.29) is 18.5 Å². The minimum absolute atomic E-state index is 0.203. The van der Waals surface area contributed by atoms with Gasteiger partial charge in [0.25, 0.3) is 0 Å². The fourth-order valence-corrected chi connectivity index (χ4v) is 1.61. The number of benzene rings is 1. The predicted molar refractivity (Wildman–Crippen MR) is 65.9 cm³/mol. The summed E-state index contributed by atoms with van der Waals surface area (Å²) in [6.45, 7) is 4.76. The number of rotatable bonds is 5. The van der Waals surface area contributed by atoms with Crippen LogP contribution < -0.4 is 5.73 Å². The monoisotopic (exact) mass is 231 g/mol. The maximum absolute atomic E-state index is 11.0. The van der Waals surface area contributed by atoms with Crippen LogP contribution in [0.15, 0.2) is 24.3 Å². The van der Waals surface area contributed by atoms with Gasteiger partial charge in [0.05, 0.1) is 18.2 Å². The smallest absolute Gasteiger partial charge is 0.231 e. The first-order valence-electron chi connectivity index (χ1n) is 5.55. The summed E-state index contributed by atoms with van der Waals surface area (Å²) in [7, 11) is 0. The zero-order valence-electron chi connectivity index (χ0n) is 10.2. The molecule has 0 unspecified atom stereocenters. The van der Waals surface area contributed by atoms with E-state index >= 15 is 0 Å². The van der Waals surface area contributed by atoms with E-state index in [9.17, 15) is 4.79 Å². The fraction of sp³-hybridized carbons (Fsp3) is 0.385. The van der Waals surface area contributed by atoms with E-state index in [1.807, 2.05) is 36.9 Å². The van der Waals surface area contributed by atoms with Crippen molar-refractivity contribution in [2.24, 2.45) is 5.73 Å². The molecule has 0 saturated heterocycles. The van der Waals surface area contributed by atoms with Crippen LogP contribution in [0.3, 0.4) is 0 Å². The van der Waals surface area contributed by atoms with Crippen LogP contribution in [0.2, 0.25) is 0 Å². The molecule has 1 rings (SSSR count). The second-order valence-corrected chi connectivity index (χ2v) is 4.23. The minimum Gasteiger partial charge on any atom is -0.369 e. The number of hydrogen-bond donors (Lipinski definition) is 1. The standard InChI is InChI=1S/C13H17N3O/c1-10(2)16(9-13(15)17)8-12-6-4-3-5-11(12)7-14/h3-6,10H,8-9H2,1-2H3,(H2,15,17). The molecule has 17 heavy (non-hydrogen) atoms. The summed E-state index contributed by atoms with van der Waals surface area (Å²) in [5.74, 6) is -0.354. The molecule has 1 amide bonds. The lowest BCUT2D eigenvalue weighted by atomic mass is 10.1. The first-order valence-corrected chi connectivity index (χ1v) is 5.55. The molecule has 0 aliphatic rings. The highest BCUT2D eigenvalue weighted by atomic mass is 16.1. The van der Waals surface area contributed by atoms with E-state index in [1.165, 1.54) is 0 Å². The Labute approximate surface area is 102 Å². The van der Waals surface area contributed by atoms with Gasteiger partial charge in [-0.15, -0.1) is 0 Å². The van der Waals surface area contributed by atoms with Crippen molar-refractivity contribution >= 4 is 5.91 Å². The molecular weight excluding hydrogens is 214 g/mol. The zero-order chi connectivity index (χ0) is 12.8. The molecule has 1 aromatic rings. The number of primary amides is 1. The van der Waals surface area contributed by atoms with Crippen molar-refractivity contribution in [2.75, 3.05) is 6.54 Å². The van der Waals surface area contributed by atoms with Crippen LogP contribution in [0, 0.1) is 11.3 Å². The number of nitrogens with two attached hydrogens (primary N) is 1. The number of carbonyl (C=O) groups excluding carboxylic acids is 1. The average Bonchev–Trinajstić information content (AvgIpc) is 2.28. The molecule has 0 fully saturated rings. The number of nitrogens with zero attached hydrogens (tertiary/aromatic N) is 2. The van der Waals surface area contributed by atoms with Crippen molar-refractivity contribution in [1.82, 2.24) is 4.90 Å². The number of nitriles is 1. The molecular formula is C13H17N3O. The van der Waals surface area contributed by atoms with Gasteiger partial charge in [-0.1, -0.05) is 18.2 Å². The summed E-state index contributed by atoms with van der Waals surface area (Å²) < 4.78 is 0. The third-order valence-corrected chi connectivity index (χ3v) is 2.60. The van der Waals surface area contributed by atoms with E-state index in [0.29, 0.717) is 12.1 Å². The number of carbonyl (C=O) groups is 1. The maximum Gasteiger partial charge on any atom is 0.231 e. The summed E-state index contributed by atoms with van der Waals surface area (Å²) in [5.41, 5.74) is 6.77. The molecule has 2 N–H and O–H groups in total. The lowest BCUT2D eigenvalue weighted by Crippen LogP contribution is -2.38. The molecule has 0 radical (unpaired) electrons. The lowest BCUT2D eigenvalue weighted by Gasteiger charge is -2.25. The summed E-state index contributed by atoms with van der Waals surface area (Å²) >= 11 is 0. The van der Waals surface area contributed by atoms with Crippen molar-refractivity contribution < 1.29 is 4.79 Å². The Balaban J connectivity index is 2.86. The normalized spacial score (nSPS) is 10.5. The maximum atomic E-state index is 11.0. The molecule has 0 atom stereocenters. The summed E-state index contributed by atoms with van der Waals surface area (Å²) in [6.07, 6.45) is 0.